The maximum atomic E-state index is 5.31. The highest BCUT2D eigenvalue weighted by Crippen LogP contribution is 2.26. The van der Waals surface area contributed by atoms with E-state index < -0.39 is 0 Å². The molecule has 0 amide bonds. The van der Waals surface area contributed by atoms with Gasteiger partial charge in [-0.05, 0) is 41.1 Å². The van der Waals surface area contributed by atoms with E-state index in [9.17, 15) is 0 Å². The highest BCUT2D eigenvalue weighted by Gasteiger charge is 2.16. The van der Waals surface area contributed by atoms with E-state index in [-0.39, 0.29) is 0 Å². The van der Waals surface area contributed by atoms with E-state index in [2.05, 4.69) is 44.6 Å². The number of hydrogen-bond donors (Lipinski definition) is 1. The van der Waals surface area contributed by atoms with Crippen LogP contribution < -0.4 is 4.90 Å². The lowest BCUT2D eigenvalue weighted by Crippen LogP contribution is -2.31. The van der Waals surface area contributed by atoms with E-state index in [1.807, 2.05) is 0 Å². The number of H-pyrrole nitrogens is 1. The van der Waals surface area contributed by atoms with Crippen molar-refractivity contribution < 1.29 is 0 Å². The van der Waals surface area contributed by atoms with Crippen molar-refractivity contribution in [1.29, 1.82) is 0 Å². The average Bonchev–Trinajstić information content (AvgIpc) is 2.33. The van der Waals surface area contributed by atoms with Gasteiger partial charge in [-0.3, -0.25) is 0 Å². The summed E-state index contributed by atoms with van der Waals surface area (Å²) in [5.41, 5.74) is 1.14. The number of hydrogen-bond acceptors (Lipinski definition) is 3. The van der Waals surface area contributed by atoms with Crippen LogP contribution in [0.25, 0.3) is 0 Å². The summed E-state index contributed by atoms with van der Waals surface area (Å²) in [5, 5.41) is 0. The monoisotopic (exact) mass is 315 g/mol. The largest absolute Gasteiger partial charge is 0.342 e. The topological polar surface area (TPSA) is 31.9 Å². The predicted octanol–water partition coefficient (Wildman–Crippen LogP) is 4.02. The molecule has 2 heterocycles. The third-order valence-electron chi connectivity index (χ3n) is 3.11. The van der Waals surface area contributed by atoms with E-state index in [1.54, 1.807) is 0 Å². The molecule has 2 rings (SSSR count). The molecular weight excluding hydrogens is 298 g/mol. The predicted molar refractivity (Wildman–Crippen MR) is 77.3 cm³/mol. The van der Waals surface area contributed by atoms with Gasteiger partial charge < -0.3 is 9.88 Å². The third-order valence-corrected chi connectivity index (χ3v) is 4.47. The quantitative estimate of drug-likeness (QED) is 0.837. The Bertz CT molecular complexity index is 450. The summed E-state index contributed by atoms with van der Waals surface area (Å²) >= 11 is 8.83. The first kappa shape index (κ1) is 13.0. The minimum absolute atomic E-state index is 0.414. The Hall–Kier alpha value is -0.420. The first-order valence-corrected chi connectivity index (χ1v) is 7.34. The first-order valence-electron chi connectivity index (χ1n) is 6.14. The van der Waals surface area contributed by atoms with Crippen molar-refractivity contribution in [2.24, 2.45) is 0 Å². The number of aromatic amines is 1. The van der Waals surface area contributed by atoms with Crippen LogP contribution in [0.2, 0.25) is 0 Å². The van der Waals surface area contributed by atoms with Gasteiger partial charge in [0.05, 0.1) is 4.47 Å². The summed E-state index contributed by atoms with van der Waals surface area (Å²) in [7, 11) is 0. The average molecular weight is 316 g/mol. The molecule has 0 bridgehead atoms. The molecule has 1 aromatic rings. The standard InChI is InChI=1S/C12H18BrN3S/c1-8(2)10-9(13)11(17)15-12(14-10)16-6-4-3-5-7-16/h8H,3-7H2,1-2H3,(H,14,15,17). The minimum atomic E-state index is 0.414. The highest BCUT2D eigenvalue weighted by molar-refractivity contribution is 9.10. The molecule has 1 N–H and O–H groups in total. The molecule has 1 aromatic heterocycles. The van der Waals surface area contributed by atoms with Crippen LogP contribution in [0, 0.1) is 4.64 Å². The first-order chi connectivity index (χ1) is 8.09. The maximum Gasteiger partial charge on any atom is 0.204 e. The summed E-state index contributed by atoms with van der Waals surface area (Å²) < 4.78 is 1.59. The second kappa shape index (κ2) is 5.48. The number of rotatable bonds is 2. The van der Waals surface area contributed by atoms with Crippen molar-refractivity contribution >= 4 is 34.1 Å². The summed E-state index contributed by atoms with van der Waals surface area (Å²) in [6.45, 7) is 6.48. The van der Waals surface area contributed by atoms with E-state index >= 15 is 0 Å². The molecule has 3 nitrogen and oxygen atoms in total. The fourth-order valence-electron chi connectivity index (χ4n) is 2.12. The van der Waals surface area contributed by atoms with Gasteiger partial charge in [0.15, 0.2) is 0 Å². The molecule has 1 saturated heterocycles. The molecule has 0 aromatic carbocycles. The zero-order chi connectivity index (χ0) is 12.4. The van der Waals surface area contributed by atoms with Crippen LogP contribution in [0.5, 0.6) is 0 Å². The smallest absolute Gasteiger partial charge is 0.204 e. The molecule has 0 saturated carbocycles. The van der Waals surface area contributed by atoms with E-state index in [4.69, 9.17) is 12.2 Å². The number of nitrogens with zero attached hydrogens (tertiary/aromatic N) is 2. The molecule has 0 unspecified atom stereocenters. The number of anilines is 1. The van der Waals surface area contributed by atoms with Gasteiger partial charge in [0.25, 0.3) is 0 Å². The minimum Gasteiger partial charge on any atom is -0.342 e. The van der Waals surface area contributed by atoms with Gasteiger partial charge in [-0.1, -0.05) is 26.1 Å². The van der Waals surface area contributed by atoms with Crippen LogP contribution >= 0.6 is 28.1 Å². The van der Waals surface area contributed by atoms with E-state index in [1.165, 1.54) is 19.3 Å². The summed E-state index contributed by atoms with van der Waals surface area (Å²) in [6.07, 6.45) is 3.81. The van der Waals surface area contributed by atoms with Crippen LogP contribution in [-0.4, -0.2) is 23.1 Å². The summed E-state index contributed by atoms with van der Waals surface area (Å²) in [5.74, 6) is 1.35. The van der Waals surface area contributed by atoms with Crippen molar-refractivity contribution in [3.8, 4) is 0 Å². The van der Waals surface area contributed by atoms with Gasteiger partial charge in [-0.15, -0.1) is 0 Å². The second-order valence-corrected chi connectivity index (χ2v) is 5.98. The fraction of sp³-hybridized carbons (Fsp3) is 0.667. The van der Waals surface area contributed by atoms with Crippen molar-refractivity contribution in [3.05, 3.63) is 14.8 Å². The van der Waals surface area contributed by atoms with Gasteiger partial charge >= 0.3 is 0 Å². The van der Waals surface area contributed by atoms with Crippen molar-refractivity contribution in [2.45, 2.75) is 39.0 Å². The number of nitrogens with one attached hydrogen (secondary N) is 1. The molecule has 1 fully saturated rings. The number of piperidine rings is 1. The Balaban J connectivity index is 2.37. The van der Waals surface area contributed by atoms with Gasteiger partial charge in [-0.25, -0.2) is 4.98 Å². The van der Waals surface area contributed by atoms with Crippen LogP contribution in [0.4, 0.5) is 5.95 Å². The summed E-state index contributed by atoms with van der Waals surface area (Å²) in [6, 6.07) is 0. The van der Waals surface area contributed by atoms with Gasteiger partial charge in [0.1, 0.15) is 4.64 Å². The molecule has 0 atom stereocenters. The Morgan fingerprint density at radius 2 is 1.94 bits per heavy atom. The summed E-state index contributed by atoms with van der Waals surface area (Å²) in [4.78, 5) is 10.2. The lowest BCUT2D eigenvalue weighted by atomic mass is 10.1. The highest BCUT2D eigenvalue weighted by atomic mass is 79.9. The van der Waals surface area contributed by atoms with Gasteiger partial charge in [-0.2, -0.15) is 0 Å². The Morgan fingerprint density at radius 3 is 2.53 bits per heavy atom. The van der Waals surface area contributed by atoms with Crippen molar-refractivity contribution in [2.75, 3.05) is 18.0 Å². The van der Waals surface area contributed by atoms with Gasteiger partial charge in [0.2, 0.25) is 5.95 Å². The van der Waals surface area contributed by atoms with E-state index in [0.717, 1.165) is 29.2 Å². The lowest BCUT2D eigenvalue weighted by molar-refractivity contribution is 0.566. The van der Waals surface area contributed by atoms with Crippen LogP contribution in [0.1, 0.15) is 44.7 Å². The van der Waals surface area contributed by atoms with Crippen molar-refractivity contribution in [3.63, 3.8) is 0 Å². The lowest BCUT2D eigenvalue weighted by Gasteiger charge is -2.28. The van der Waals surface area contributed by atoms with Crippen LogP contribution in [0.3, 0.4) is 0 Å². The molecule has 0 aliphatic carbocycles. The van der Waals surface area contributed by atoms with Crippen molar-refractivity contribution in [1.82, 2.24) is 9.97 Å². The number of aromatic nitrogens is 2. The molecule has 5 heteroatoms. The molecular formula is C12H18BrN3S. The fourth-order valence-corrected chi connectivity index (χ4v) is 2.96. The number of halogens is 1. The molecule has 17 heavy (non-hydrogen) atoms. The zero-order valence-corrected chi connectivity index (χ0v) is 12.7. The molecule has 0 spiro atoms. The van der Waals surface area contributed by atoms with Gasteiger partial charge in [0, 0.05) is 18.8 Å². The zero-order valence-electron chi connectivity index (χ0n) is 10.3. The second-order valence-electron chi connectivity index (χ2n) is 4.80. The van der Waals surface area contributed by atoms with E-state index in [0.29, 0.717) is 10.6 Å². The Morgan fingerprint density at radius 1 is 1.29 bits per heavy atom. The normalized spacial score (nSPS) is 16.6. The molecule has 1 aliphatic rings. The van der Waals surface area contributed by atoms with Crippen LogP contribution in [-0.2, 0) is 0 Å². The molecule has 0 radical (unpaired) electrons. The third kappa shape index (κ3) is 2.88. The van der Waals surface area contributed by atoms with Crippen LogP contribution in [0.15, 0.2) is 4.47 Å². The SMILES string of the molecule is CC(C)c1[nH]c(N2CCCCC2)nc(=S)c1Br. The molecule has 94 valence electrons. The Kier molecular flexibility index (Phi) is 4.20. The molecule has 1 aliphatic heterocycles. The Labute approximate surface area is 116 Å². The maximum absolute atomic E-state index is 5.31.